The van der Waals surface area contributed by atoms with Gasteiger partial charge in [-0.15, -0.1) is 0 Å². The van der Waals surface area contributed by atoms with Gasteiger partial charge in [0.25, 0.3) is 5.56 Å². The van der Waals surface area contributed by atoms with Crippen LogP contribution in [0.2, 0.25) is 0 Å². The molecule has 5 nitrogen and oxygen atoms in total. The molecule has 0 unspecified atom stereocenters. The quantitative estimate of drug-likeness (QED) is 0.851. The van der Waals surface area contributed by atoms with Crippen molar-refractivity contribution in [2.45, 2.75) is 40.2 Å². The number of aromatic nitrogens is 2. The minimum absolute atomic E-state index is 0.344. The molecule has 0 saturated heterocycles. The predicted octanol–water partition coefficient (Wildman–Crippen LogP) is 1.18. The van der Waals surface area contributed by atoms with Crippen LogP contribution in [0.4, 0.5) is 0 Å². The normalized spacial score (nSPS) is 11.2. The van der Waals surface area contributed by atoms with Gasteiger partial charge in [-0.3, -0.25) is 9.78 Å². The maximum Gasteiger partial charge on any atom is 0.328 e. The number of nitrogens with one attached hydrogen (secondary N) is 1. The van der Waals surface area contributed by atoms with E-state index in [9.17, 15) is 9.59 Å². The second-order valence-electron chi connectivity index (χ2n) is 4.86. The van der Waals surface area contributed by atoms with E-state index in [0.717, 1.165) is 6.42 Å². The maximum absolute atomic E-state index is 11.5. The van der Waals surface area contributed by atoms with Gasteiger partial charge in [0, 0.05) is 18.3 Å². The molecule has 0 radical (unpaired) electrons. The highest BCUT2D eigenvalue weighted by atomic mass is 16.2. The molecule has 1 heterocycles. The summed E-state index contributed by atoms with van der Waals surface area (Å²) in [5, 5.41) is 8.86. The number of nitrogens with zero attached hydrogens (tertiary/aromatic N) is 2. The fourth-order valence-electron chi connectivity index (χ4n) is 1.53. The molecule has 1 rings (SSSR count). The van der Waals surface area contributed by atoms with E-state index >= 15 is 0 Å². The molecular weight excluding hydrogens is 218 g/mol. The molecule has 1 N–H and O–H groups in total. The molecule has 1 aromatic rings. The molecule has 5 heteroatoms. The predicted molar refractivity (Wildman–Crippen MR) is 64.7 cm³/mol. The molecule has 17 heavy (non-hydrogen) atoms. The van der Waals surface area contributed by atoms with Gasteiger partial charge >= 0.3 is 5.69 Å². The van der Waals surface area contributed by atoms with Crippen molar-refractivity contribution in [3.8, 4) is 6.07 Å². The third-order valence-corrected chi connectivity index (χ3v) is 2.69. The monoisotopic (exact) mass is 235 g/mol. The lowest BCUT2D eigenvalue weighted by atomic mass is 9.90. The van der Waals surface area contributed by atoms with Crippen LogP contribution in [0.3, 0.4) is 0 Å². The Bertz CT molecular complexity index is 546. The molecule has 0 saturated carbocycles. The maximum atomic E-state index is 11.5. The Morgan fingerprint density at radius 2 is 2.12 bits per heavy atom. The molecule has 0 bridgehead atoms. The van der Waals surface area contributed by atoms with Gasteiger partial charge in [0.15, 0.2) is 0 Å². The summed E-state index contributed by atoms with van der Waals surface area (Å²) in [6.07, 6.45) is 3.00. The molecule has 1 aromatic heterocycles. The standard InChI is InChI=1S/C12H17N3O2/c1-9-7-15(11(17)14-10(9)16)6-4-5-12(2,3)8-13/h7H,4-6H2,1-3H3,(H,14,16,17). The lowest BCUT2D eigenvalue weighted by molar-refractivity contribution is 0.411. The van der Waals surface area contributed by atoms with Crippen LogP contribution in [0.1, 0.15) is 32.3 Å². The van der Waals surface area contributed by atoms with Gasteiger partial charge in [0.1, 0.15) is 0 Å². The number of aryl methyl sites for hydroxylation is 2. The summed E-state index contributed by atoms with van der Waals surface area (Å²) in [6.45, 7) is 5.91. The number of nitriles is 1. The Morgan fingerprint density at radius 3 is 2.71 bits per heavy atom. The second kappa shape index (κ2) is 5.00. The smallest absolute Gasteiger partial charge is 0.300 e. The molecular formula is C12H17N3O2. The number of H-pyrrole nitrogens is 1. The summed E-state index contributed by atoms with van der Waals surface area (Å²) in [5.74, 6) is 0. The second-order valence-corrected chi connectivity index (χ2v) is 4.86. The Kier molecular flexibility index (Phi) is 3.89. The largest absolute Gasteiger partial charge is 0.328 e. The van der Waals surface area contributed by atoms with Crippen LogP contribution >= 0.6 is 0 Å². The van der Waals surface area contributed by atoms with Crippen molar-refractivity contribution in [1.29, 1.82) is 5.26 Å². The average molecular weight is 235 g/mol. The molecule has 92 valence electrons. The third-order valence-electron chi connectivity index (χ3n) is 2.69. The lowest BCUT2D eigenvalue weighted by Crippen LogP contribution is -2.31. The summed E-state index contributed by atoms with van der Waals surface area (Å²) < 4.78 is 1.48. The molecule has 0 aliphatic heterocycles. The van der Waals surface area contributed by atoms with Gasteiger partial charge < -0.3 is 4.57 Å². The van der Waals surface area contributed by atoms with Crippen LogP contribution in [-0.4, -0.2) is 9.55 Å². The average Bonchev–Trinajstić information content (AvgIpc) is 2.25. The van der Waals surface area contributed by atoms with Crippen molar-refractivity contribution in [2.75, 3.05) is 0 Å². The van der Waals surface area contributed by atoms with Gasteiger partial charge in [0.2, 0.25) is 0 Å². The van der Waals surface area contributed by atoms with Crippen molar-refractivity contribution in [2.24, 2.45) is 5.41 Å². The van der Waals surface area contributed by atoms with Gasteiger partial charge in [-0.2, -0.15) is 5.26 Å². The van der Waals surface area contributed by atoms with E-state index in [1.165, 1.54) is 4.57 Å². The van der Waals surface area contributed by atoms with E-state index in [2.05, 4.69) is 11.1 Å². The lowest BCUT2D eigenvalue weighted by Gasteiger charge is -2.14. The van der Waals surface area contributed by atoms with Crippen LogP contribution in [-0.2, 0) is 6.54 Å². The fourth-order valence-corrected chi connectivity index (χ4v) is 1.53. The number of hydrogen-bond donors (Lipinski definition) is 1. The molecule has 0 spiro atoms. The Morgan fingerprint density at radius 1 is 1.47 bits per heavy atom. The highest BCUT2D eigenvalue weighted by Gasteiger charge is 2.15. The van der Waals surface area contributed by atoms with E-state index in [1.807, 2.05) is 13.8 Å². The summed E-state index contributed by atoms with van der Waals surface area (Å²) in [7, 11) is 0. The van der Waals surface area contributed by atoms with Gasteiger partial charge in [-0.05, 0) is 33.6 Å². The van der Waals surface area contributed by atoms with E-state index < -0.39 is 5.69 Å². The van der Waals surface area contributed by atoms with Crippen molar-refractivity contribution in [1.82, 2.24) is 9.55 Å². The minimum atomic E-state index is -0.393. The van der Waals surface area contributed by atoms with E-state index in [0.29, 0.717) is 18.5 Å². The van der Waals surface area contributed by atoms with Gasteiger partial charge in [-0.1, -0.05) is 0 Å². The summed E-state index contributed by atoms with van der Waals surface area (Å²) in [4.78, 5) is 24.9. The minimum Gasteiger partial charge on any atom is -0.300 e. The van der Waals surface area contributed by atoms with Crippen molar-refractivity contribution in [3.05, 3.63) is 32.6 Å². The molecule has 0 atom stereocenters. The highest BCUT2D eigenvalue weighted by molar-refractivity contribution is 5.00. The molecule has 0 aromatic carbocycles. The van der Waals surface area contributed by atoms with E-state index in [1.54, 1.807) is 13.1 Å². The van der Waals surface area contributed by atoms with Crippen LogP contribution in [0.25, 0.3) is 0 Å². The zero-order valence-electron chi connectivity index (χ0n) is 10.4. The summed E-state index contributed by atoms with van der Waals surface area (Å²) in [6, 6.07) is 2.22. The number of aromatic amines is 1. The first-order valence-electron chi connectivity index (χ1n) is 5.57. The zero-order valence-corrected chi connectivity index (χ0v) is 10.4. The van der Waals surface area contributed by atoms with Gasteiger partial charge in [0.05, 0.1) is 11.5 Å². The third kappa shape index (κ3) is 3.59. The summed E-state index contributed by atoms with van der Waals surface area (Å²) in [5.41, 5.74) is -0.594. The molecule has 0 aliphatic carbocycles. The summed E-state index contributed by atoms with van der Waals surface area (Å²) >= 11 is 0. The van der Waals surface area contributed by atoms with Crippen LogP contribution in [0, 0.1) is 23.7 Å². The number of hydrogen-bond acceptors (Lipinski definition) is 3. The van der Waals surface area contributed by atoms with E-state index in [4.69, 9.17) is 5.26 Å². The van der Waals surface area contributed by atoms with Gasteiger partial charge in [-0.25, -0.2) is 4.79 Å². The number of rotatable bonds is 4. The van der Waals surface area contributed by atoms with Crippen molar-refractivity contribution < 1.29 is 0 Å². The molecule has 0 amide bonds. The fraction of sp³-hybridized carbons (Fsp3) is 0.583. The van der Waals surface area contributed by atoms with E-state index in [-0.39, 0.29) is 11.0 Å². The molecule has 0 fully saturated rings. The SMILES string of the molecule is Cc1cn(CCCC(C)(C)C#N)c(=O)[nH]c1=O. The first-order chi connectivity index (χ1) is 7.85. The zero-order chi connectivity index (χ0) is 13.1. The first kappa shape index (κ1) is 13.2. The van der Waals surface area contributed by atoms with Crippen LogP contribution < -0.4 is 11.2 Å². The Hall–Kier alpha value is -1.83. The van der Waals surface area contributed by atoms with Crippen LogP contribution in [0.15, 0.2) is 15.8 Å². The van der Waals surface area contributed by atoms with Crippen molar-refractivity contribution >= 4 is 0 Å². The Labute approximate surface area is 99.7 Å². The van der Waals surface area contributed by atoms with Crippen molar-refractivity contribution in [3.63, 3.8) is 0 Å². The highest BCUT2D eigenvalue weighted by Crippen LogP contribution is 2.20. The molecule has 0 aliphatic rings. The Balaban J connectivity index is 2.72. The first-order valence-corrected chi connectivity index (χ1v) is 5.57. The topological polar surface area (TPSA) is 78.7 Å². The van der Waals surface area contributed by atoms with Crippen LogP contribution in [0.5, 0.6) is 0 Å².